The molecular weight excluding hydrogens is 989 g/mol. The van der Waals surface area contributed by atoms with Gasteiger partial charge >= 0.3 is 0 Å². The van der Waals surface area contributed by atoms with E-state index in [1.54, 1.807) is 30.3 Å². The molecule has 1 fully saturated rings. The topological polar surface area (TPSA) is 338 Å². The summed E-state index contributed by atoms with van der Waals surface area (Å²) in [6.07, 6.45) is 5.87. The van der Waals surface area contributed by atoms with Crippen LogP contribution < -0.4 is 37.6 Å². The maximum Gasteiger partial charge on any atom is 0.253 e. The van der Waals surface area contributed by atoms with Gasteiger partial charge in [-0.1, -0.05) is 36.8 Å². The molecule has 9 amide bonds. The molecule has 0 saturated heterocycles. The third-order valence-corrected chi connectivity index (χ3v) is 10.9. The molecule has 26 heteroatoms. The van der Waals surface area contributed by atoms with Crippen LogP contribution in [0.3, 0.4) is 0 Å². The van der Waals surface area contributed by atoms with Gasteiger partial charge in [-0.25, -0.2) is 0 Å². The van der Waals surface area contributed by atoms with E-state index in [4.69, 9.17) is 48.4 Å². The molecule has 1 aliphatic heterocycles. The number of imide groups is 1. The highest BCUT2D eigenvalue weighted by Gasteiger charge is 2.34. The predicted molar refractivity (Wildman–Crippen MR) is 265 cm³/mol. The Morgan fingerprint density at radius 3 is 1.60 bits per heavy atom. The Kier molecular flexibility index (Phi) is 34.1. The average Bonchev–Trinajstić information content (AvgIpc) is 3.70. The first-order valence-electron chi connectivity index (χ1n) is 25.2. The number of nitrogens with one attached hydrogen (secondary N) is 6. The van der Waals surface area contributed by atoms with Gasteiger partial charge in [-0.15, -0.1) is 0 Å². The number of amides is 9. The highest BCUT2D eigenvalue weighted by Crippen LogP contribution is 2.29. The predicted octanol–water partition coefficient (Wildman–Crippen LogP) is -2.85. The molecule has 3 rings (SSSR count). The summed E-state index contributed by atoms with van der Waals surface area (Å²) in [6, 6.07) is 7.82. The monoisotopic (exact) mass is 1060 g/mol. The lowest BCUT2D eigenvalue weighted by Crippen LogP contribution is -2.52. The summed E-state index contributed by atoms with van der Waals surface area (Å²) in [6.45, 7) is 4.41. The van der Waals surface area contributed by atoms with Crippen LogP contribution in [0.1, 0.15) is 44.1 Å². The lowest BCUT2D eigenvalue weighted by molar-refractivity contribution is -0.137. The highest BCUT2D eigenvalue weighted by atomic mass is 16.6. The number of nitrogens with zero attached hydrogens (tertiary/aromatic N) is 1. The Morgan fingerprint density at radius 1 is 0.547 bits per heavy atom. The van der Waals surface area contributed by atoms with Crippen molar-refractivity contribution in [2.75, 3.05) is 145 Å². The SMILES string of the molecule is NC(=O)[C@H]1C[C@@H](OCNC(=O)CNC(=O)[C@H](Cc2ccccc2)NC(=O)CNC(=O)CNC(=O)COCCOCCOCCOCCOCCOCCOCCOCCNC(=O)CCCCCN2C(=O)C=CC2=O)C1. The number of hydrogen-bond donors (Lipinski definition) is 7. The van der Waals surface area contributed by atoms with Crippen LogP contribution in [0.25, 0.3) is 0 Å². The number of rotatable bonds is 46. The molecule has 1 saturated carbocycles. The lowest BCUT2D eigenvalue weighted by Gasteiger charge is -2.32. The normalized spacial score (nSPS) is 15.2. The molecule has 0 unspecified atom stereocenters. The summed E-state index contributed by atoms with van der Waals surface area (Å²) >= 11 is 0. The third-order valence-electron chi connectivity index (χ3n) is 10.9. The zero-order valence-corrected chi connectivity index (χ0v) is 42.7. The molecule has 1 heterocycles. The summed E-state index contributed by atoms with van der Waals surface area (Å²) in [5.74, 6) is -4.29. The molecule has 420 valence electrons. The molecule has 1 aliphatic carbocycles. The van der Waals surface area contributed by atoms with E-state index in [0.29, 0.717) is 131 Å². The Morgan fingerprint density at radius 2 is 1.04 bits per heavy atom. The summed E-state index contributed by atoms with van der Waals surface area (Å²) < 4.78 is 49.0. The van der Waals surface area contributed by atoms with Gasteiger partial charge < -0.3 is 80.3 Å². The van der Waals surface area contributed by atoms with Crippen LogP contribution in [0, 0.1) is 5.92 Å². The highest BCUT2D eigenvalue weighted by molar-refractivity contribution is 6.12. The molecule has 2 aliphatic rings. The molecule has 1 atom stereocenters. The van der Waals surface area contributed by atoms with E-state index >= 15 is 0 Å². The van der Waals surface area contributed by atoms with E-state index in [1.807, 2.05) is 0 Å². The Hall–Kier alpha value is -5.97. The van der Waals surface area contributed by atoms with E-state index in [2.05, 4.69) is 31.9 Å². The Labute approximate surface area is 436 Å². The van der Waals surface area contributed by atoms with Crippen molar-refractivity contribution < 1.29 is 85.8 Å². The lowest BCUT2D eigenvalue weighted by atomic mass is 9.82. The van der Waals surface area contributed by atoms with Crippen molar-refractivity contribution in [2.24, 2.45) is 11.7 Å². The van der Waals surface area contributed by atoms with Crippen LogP contribution in [-0.4, -0.2) is 215 Å². The maximum absolute atomic E-state index is 13.0. The molecule has 75 heavy (non-hydrogen) atoms. The van der Waals surface area contributed by atoms with Crippen molar-refractivity contribution in [2.45, 2.75) is 57.1 Å². The standard InChI is InChI=1S/C49H76N8O18/c50-48(65)38-30-39(31-38)75-36-55-43(60)33-54-49(66)40(29-37-7-3-1-4-8-37)56-44(61)34-52-42(59)32-53-45(62)35-74-28-27-73-26-25-72-24-23-71-22-21-70-20-19-69-18-17-68-16-15-67-14-12-51-41(58)9-5-2-6-13-57-46(63)10-11-47(57)64/h1,3-4,7-8,10-11,38-40H,2,5-6,9,12-36H2,(H2,50,65)(H,51,58)(H,52,59)(H,53,62)(H,54,66)(H,55,60)(H,56,61)/t38-,39+,40-/m0/s1. The van der Waals surface area contributed by atoms with E-state index < -0.39 is 48.7 Å². The van der Waals surface area contributed by atoms with Gasteiger partial charge in [0.05, 0.1) is 125 Å². The number of benzene rings is 1. The first-order valence-corrected chi connectivity index (χ1v) is 25.2. The van der Waals surface area contributed by atoms with Gasteiger partial charge in [-0.2, -0.15) is 0 Å². The zero-order valence-electron chi connectivity index (χ0n) is 42.7. The van der Waals surface area contributed by atoms with Crippen molar-refractivity contribution in [3.05, 3.63) is 48.0 Å². The Bertz CT molecular complexity index is 1890. The van der Waals surface area contributed by atoms with Crippen LogP contribution in [0.15, 0.2) is 42.5 Å². The first kappa shape index (κ1) is 63.3. The zero-order chi connectivity index (χ0) is 54.1. The fourth-order valence-corrected chi connectivity index (χ4v) is 6.74. The van der Waals surface area contributed by atoms with E-state index in [1.165, 1.54) is 17.1 Å². The number of hydrogen-bond acceptors (Lipinski definition) is 18. The number of ether oxygens (including phenoxy) is 9. The van der Waals surface area contributed by atoms with E-state index in [9.17, 15) is 43.2 Å². The van der Waals surface area contributed by atoms with Crippen molar-refractivity contribution in [3.8, 4) is 0 Å². The number of unbranched alkanes of at least 4 members (excludes halogenated alkanes) is 2. The number of primary amides is 1. The fraction of sp³-hybridized carbons (Fsp3) is 0.653. The van der Waals surface area contributed by atoms with Crippen LogP contribution in [-0.2, 0) is 92.2 Å². The van der Waals surface area contributed by atoms with Gasteiger partial charge in [-0.3, -0.25) is 48.1 Å². The second kappa shape index (κ2) is 40.4. The molecule has 1 aromatic carbocycles. The summed E-state index contributed by atoms with van der Waals surface area (Å²) in [4.78, 5) is 110. The minimum absolute atomic E-state index is 0.0670. The Balaban J connectivity index is 1.03. The quantitative estimate of drug-likeness (QED) is 0.0196. The van der Waals surface area contributed by atoms with Crippen LogP contribution in [0.5, 0.6) is 0 Å². The van der Waals surface area contributed by atoms with Crippen molar-refractivity contribution in [3.63, 3.8) is 0 Å². The van der Waals surface area contributed by atoms with Crippen molar-refractivity contribution >= 4 is 53.2 Å². The number of carbonyl (C=O) groups excluding carboxylic acids is 9. The summed E-state index contributed by atoms with van der Waals surface area (Å²) in [5, 5.41) is 15.2. The number of nitrogens with two attached hydrogens (primary N) is 1. The molecule has 8 N–H and O–H groups in total. The van der Waals surface area contributed by atoms with Gasteiger partial charge in [-0.05, 0) is 31.2 Å². The van der Waals surface area contributed by atoms with Gasteiger partial charge in [0.2, 0.25) is 41.4 Å². The minimum atomic E-state index is -1.07. The molecule has 0 radical (unpaired) electrons. The largest absolute Gasteiger partial charge is 0.377 e. The van der Waals surface area contributed by atoms with Crippen LogP contribution >= 0.6 is 0 Å². The van der Waals surface area contributed by atoms with Crippen molar-refractivity contribution in [1.82, 2.24) is 36.8 Å². The molecule has 1 aromatic rings. The van der Waals surface area contributed by atoms with E-state index in [-0.39, 0.29) is 75.2 Å². The summed E-state index contributed by atoms with van der Waals surface area (Å²) in [5.41, 5.74) is 5.99. The molecule has 26 nitrogen and oxygen atoms in total. The second-order valence-corrected chi connectivity index (χ2v) is 16.8. The van der Waals surface area contributed by atoms with Gasteiger partial charge in [0.25, 0.3) is 11.8 Å². The van der Waals surface area contributed by atoms with Gasteiger partial charge in [0.15, 0.2) is 0 Å². The van der Waals surface area contributed by atoms with Crippen LogP contribution in [0.4, 0.5) is 0 Å². The molecule has 0 spiro atoms. The minimum Gasteiger partial charge on any atom is -0.377 e. The van der Waals surface area contributed by atoms with Crippen LogP contribution in [0.2, 0.25) is 0 Å². The van der Waals surface area contributed by atoms with Gasteiger partial charge in [0, 0.05) is 44.0 Å². The summed E-state index contributed by atoms with van der Waals surface area (Å²) in [7, 11) is 0. The van der Waals surface area contributed by atoms with Gasteiger partial charge in [0.1, 0.15) is 19.4 Å². The average molecular weight is 1070 g/mol. The number of carbonyl (C=O) groups is 9. The smallest absolute Gasteiger partial charge is 0.253 e. The molecule has 0 aromatic heterocycles. The molecule has 0 bridgehead atoms. The first-order chi connectivity index (χ1) is 36.4. The van der Waals surface area contributed by atoms with Crippen molar-refractivity contribution in [1.29, 1.82) is 0 Å². The maximum atomic E-state index is 13.0. The fourth-order valence-electron chi connectivity index (χ4n) is 6.74. The van der Waals surface area contributed by atoms with E-state index in [0.717, 1.165) is 12.0 Å². The second-order valence-electron chi connectivity index (χ2n) is 16.8. The molecular formula is C49H76N8O18. The third kappa shape index (κ3) is 31.5.